The van der Waals surface area contributed by atoms with Crippen LogP contribution in [0.2, 0.25) is 0 Å². The van der Waals surface area contributed by atoms with Crippen LogP contribution in [-0.2, 0) is 15.6 Å². The highest BCUT2D eigenvalue weighted by Crippen LogP contribution is 2.31. The van der Waals surface area contributed by atoms with Gasteiger partial charge in [0.1, 0.15) is 16.6 Å². The first-order valence-corrected chi connectivity index (χ1v) is 9.55. The quantitative estimate of drug-likeness (QED) is 0.650. The number of benzene rings is 1. The molecule has 2 aromatic heterocycles. The minimum Gasteiger partial charge on any atom is -0.465 e. The Morgan fingerprint density at radius 1 is 0.880 bits per heavy atom. The highest BCUT2D eigenvalue weighted by Gasteiger charge is 2.29. The van der Waals surface area contributed by atoms with Gasteiger partial charge in [-0.2, -0.15) is 0 Å². The summed E-state index contributed by atoms with van der Waals surface area (Å²) in [4.78, 5) is 12.1. The van der Waals surface area contributed by atoms with Crippen molar-refractivity contribution in [1.82, 2.24) is 9.97 Å². The van der Waals surface area contributed by atoms with Gasteiger partial charge < -0.3 is 9.47 Å². The number of aromatic nitrogens is 2. The molecule has 25 heavy (non-hydrogen) atoms. The van der Waals surface area contributed by atoms with Gasteiger partial charge in [-0.1, -0.05) is 0 Å². The number of hydrogen-bond donors (Lipinski definition) is 0. The van der Waals surface area contributed by atoms with Crippen LogP contribution in [0.1, 0.15) is 12.8 Å². The van der Waals surface area contributed by atoms with Gasteiger partial charge >= 0.3 is 0 Å². The summed E-state index contributed by atoms with van der Waals surface area (Å²) in [5.41, 5.74) is 0. The Kier molecular flexibility index (Phi) is 4.95. The van der Waals surface area contributed by atoms with Crippen LogP contribution in [-0.4, -0.2) is 22.9 Å². The molecule has 5 heteroatoms. The van der Waals surface area contributed by atoms with Crippen LogP contribution in [0.3, 0.4) is 0 Å². The number of hydrogen-bond acceptors (Lipinski definition) is 4. The van der Waals surface area contributed by atoms with Gasteiger partial charge in [0.15, 0.2) is 21.0 Å². The molecule has 1 atom stereocenters. The zero-order valence-corrected chi connectivity index (χ0v) is 14.6. The van der Waals surface area contributed by atoms with Gasteiger partial charge in [0, 0.05) is 18.8 Å². The summed E-state index contributed by atoms with van der Waals surface area (Å²) in [5, 5.41) is 0. The Morgan fingerprint density at radius 2 is 1.56 bits per heavy atom. The lowest BCUT2D eigenvalue weighted by molar-refractivity contribution is -0.0390. The van der Waals surface area contributed by atoms with E-state index >= 15 is 0 Å². The van der Waals surface area contributed by atoms with Crippen molar-refractivity contribution in [3.63, 3.8) is 0 Å². The van der Waals surface area contributed by atoms with Gasteiger partial charge in [-0.25, -0.2) is 0 Å². The lowest BCUT2D eigenvalue weighted by Crippen LogP contribution is -2.14. The molecule has 126 valence electrons. The van der Waals surface area contributed by atoms with E-state index in [0.29, 0.717) is 0 Å². The Morgan fingerprint density at radius 3 is 2.08 bits per heavy atom. The molecule has 1 fully saturated rings. The standard InChI is InChI=1S/C20H19N2O2S/c1-4-18(14-21-11-1)25(19-5-2-12-22-15-19)17-9-7-16(8-10-17)24-20-6-3-13-23-20/h1-2,4-5,7-12,14-15,20H,3,6,13H2/q+1. The van der Waals surface area contributed by atoms with Crippen LogP contribution in [0.15, 0.2) is 88.0 Å². The van der Waals surface area contributed by atoms with E-state index in [4.69, 9.17) is 9.47 Å². The third kappa shape index (κ3) is 3.83. The maximum atomic E-state index is 5.88. The molecule has 1 saturated heterocycles. The van der Waals surface area contributed by atoms with E-state index in [2.05, 4.69) is 34.2 Å². The molecule has 1 aliphatic heterocycles. The number of ether oxygens (including phenoxy) is 2. The average molecular weight is 351 g/mol. The van der Waals surface area contributed by atoms with E-state index < -0.39 is 0 Å². The van der Waals surface area contributed by atoms with Gasteiger partial charge in [0.25, 0.3) is 0 Å². The first kappa shape index (κ1) is 16.1. The summed E-state index contributed by atoms with van der Waals surface area (Å²) in [6.45, 7) is 0.786. The first-order chi connectivity index (χ1) is 12.4. The van der Waals surface area contributed by atoms with Gasteiger partial charge in [-0.3, -0.25) is 9.97 Å². The van der Waals surface area contributed by atoms with Crippen LogP contribution >= 0.6 is 0 Å². The van der Waals surface area contributed by atoms with Gasteiger partial charge in [-0.15, -0.1) is 0 Å². The van der Waals surface area contributed by atoms with E-state index in [1.165, 1.54) is 14.7 Å². The number of pyridine rings is 2. The lowest BCUT2D eigenvalue weighted by atomic mass is 10.3. The summed E-state index contributed by atoms with van der Waals surface area (Å²) >= 11 is 0. The summed E-state index contributed by atoms with van der Waals surface area (Å²) in [5.74, 6) is 0.844. The molecule has 0 amide bonds. The van der Waals surface area contributed by atoms with Crippen LogP contribution in [0, 0.1) is 0 Å². The number of nitrogens with zero attached hydrogens (tertiary/aromatic N) is 2. The van der Waals surface area contributed by atoms with Crippen molar-refractivity contribution in [1.29, 1.82) is 0 Å². The fraction of sp³-hybridized carbons (Fsp3) is 0.200. The van der Waals surface area contributed by atoms with Gasteiger partial charge in [-0.05, 0) is 55.0 Å². The van der Waals surface area contributed by atoms with Crippen LogP contribution in [0.5, 0.6) is 5.75 Å². The molecule has 3 aromatic rings. The largest absolute Gasteiger partial charge is 0.465 e. The van der Waals surface area contributed by atoms with Crippen molar-refractivity contribution in [2.24, 2.45) is 0 Å². The van der Waals surface area contributed by atoms with Crippen molar-refractivity contribution < 1.29 is 9.47 Å². The zero-order chi connectivity index (χ0) is 16.9. The lowest BCUT2D eigenvalue weighted by Gasteiger charge is -2.13. The Hall–Kier alpha value is -2.37. The SMILES string of the molecule is c1cncc([S+](c2ccc(OC3CCCO3)cc2)c2cccnc2)c1. The predicted molar refractivity (Wildman–Crippen MR) is 96.7 cm³/mol. The van der Waals surface area contributed by atoms with E-state index in [0.717, 1.165) is 25.2 Å². The third-order valence-electron chi connectivity index (χ3n) is 3.96. The van der Waals surface area contributed by atoms with Gasteiger partial charge in [0.05, 0.1) is 19.0 Å². The molecule has 1 unspecified atom stereocenters. The Balaban J connectivity index is 1.63. The first-order valence-electron chi connectivity index (χ1n) is 8.33. The molecule has 1 aliphatic rings. The van der Waals surface area contributed by atoms with E-state index in [1.54, 1.807) is 12.4 Å². The molecule has 4 nitrogen and oxygen atoms in total. The molecule has 0 spiro atoms. The second kappa shape index (κ2) is 7.68. The van der Waals surface area contributed by atoms with Crippen molar-refractivity contribution in [2.45, 2.75) is 33.8 Å². The minimum absolute atomic E-state index is 0.110. The molecule has 0 bridgehead atoms. The highest BCUT2D eigenvalue weighted by atomic mass is 32.2. The molecule has 4 rings (SSSR count). The molecule has 0 radical (unpaired) electrons. The van der Waals surface area contributed by atoms with Crippen molar-refractivity contribution in [3.8, 4) is 5.75 Å². The van der Waals surface area contributed by atoms with Crippen molar-refractivity contribution >= 4 is 10.9 Å². The Bertz CT molecular complexity index is 751. The third-order valence-corrected chi connectivity index (χ3v) is 6.12. The van der Waals surface area contributed by atoms with E-state index in [9.17, 15) is 0 Å². The molecule has 0 saturated carbocycles. The average Bonchev–Trinajstić information content (AvgIpc) is 3.18. The smallest absolute Gasteiger partial charge is 0.199 e. The molecular formula is C20H19N2O2S+. The summed E-state index contributed by atoms with van der Waals surface area (Å²) in [6.07, 6.45) is 9.35. The van der Waals surface area contributed by atoms with E-state index in [-0.39, 0.29) is 17.2 Å². The monoisotopic (exact) mass is 351 g/mol. The van der Waals surface area contributed by atoms with Crippen molar-refractivity contribution in [2.75, 3.05) is 6.61 Å². The van der Waals surface area contributed by atoms with Crippen molar-refractivity contribution in [3.05, 3.63) is 73.3 Å². The van der Waals surface area contributed by atoms with Crippen LogP contribution in [0.4, 0.5) is 0 Å². The predicted octanol–water partition coefficient (Wildman–Crippen LogP) is 4.09. The molecular weight excluding hydrogens is 332 g/mol. The maximum Gasteiger partial charge on any atom is 0.199 e. The molecule has 0 N–H and O–H groups in total. The van der Waals surface area contributed by atoms with Gasteiger partial charge in [0.2, 0.25) is 0 Å². The fourth-order valence-corrected chi connectivity index (χ4v) is 4.78. The van der Waals surface area contributed by atoms with Crippen LogP contribution in [0.25, 0.3) is 0 Å². The topological polar surface area (TPSA) is 44.2 Å². The second-order valence-electron chi connectivity index (χ2n) is 5.72. The fourth-order valence-electron chi connectivity index (χ4n) is 2.79. The zero-order valence-electron chi connectivity index (χ0n) is 13.7. The minimum atomic E-state index is -0.239. The highest BCUT2D eigenvalue weighted by molar-refractivity contribution is 7.97. The normalized spacial score (nSPS) is 16.9. The Labute approximate surface area is 150 Å². The van der Waals surface area contributed by atoms with E-state index in [1.807, 2.05) is 36.7 Å². The summed E-state index contributed by atoms with van der Waals surface area (Å²) in [7, 11) is -0.239. The number of rotatable bonds is 5. The molecule has 1 aromatic carbocycles. The summed E-state index contributed by atoms with van der Waals surface area (Å²) < 4.78 is 11.4. The molecule has 0 aliphatic carbocycles. The second-order valence-corrected chi connectivity index (χ2v) is 7.74. The maximum absolute atomic E-state index is 5.88. The molecule has 3 heterocycles. The summed E-state index contributed by atoms with van der Waals surface area (Å²) in [6, 6.07) is 16.4. The van der Waals surface area contributed by atoms with Crippen LogP contribution < -0.4 is 4.74 Å².